The molecule has 3 aromatic rings. The Balaban J connectivity index is 1.62. The molecule has 0 radical (unpaired) electrons. The fourth-order valence-corrected chi connectivity index (χ4v) is 6.01. The van der Waals surface area contributed by atoms with Crippen LogP contribution in [-0.4, -0.2) is 36.4 Å². The summed E-state index contributed by atoms with van der Waals surface area (Å²) in [6, 6.07) is 12.7. The van der Waals surface area contributed by atoms with Gasteiger partial charge in [-0.3, -0.25) is 4.79 Å². The number of amides is 1. The molecule has 1 amide bonds. The van der Waals surface area contributed by atoms with Crippen molar-refractivity contribution >= 4 is 27.3 Å². The summed E-state index contributed by atoms with van der Waals surface area (Å²) < 4.78 is 32.7. The summed E-state index contributed by atoms with van der Waals surface area (Å²) in [6.45, 7) is 3.80. The molecular weight excluding hydrogens is 474 g/mol. The Morgan fingerprint density at radius 1 is 1.29 bits per heavy atom. The first kappa shape index (κ1) is 23.8. The first-order valence-electron chi connectivity index (χ1n) is 10.6. The van der Waals surface area contributed by atoms with Gasteiger partial charge in [-0.2, -0.15) is 5.26 Å². The van der Waals surface area contributed by atoms with Crippen molar-refractivity contribution < 1.29 is 17.9 Å². The van der Waals surface area contributed by atoms with E-state index in [1.54, 1.807) is 12.1 Å². The summed E-state index contributed by atoms with van der Waals surface area (Å²) in [5, 5.41) is 19.6. The van der Waals surface area contributed by atoms with Crippen LogP contribution in [0.25, 0.3) is 21.1 Å². The number of primary amides is 1. The lowest BCUT2D eigenvalue weighted by atomic mass is 10.0. The number of hydrogen-bond acceptors (Lipinski definition) is 8. The molecule has 0 saturated carbocycles. The van der Waals surface area contributed by atoms with Crippen LogP contribution in [-0.2, 0) is 21.2 Å². The molecule has 34 heavy (non-hydrogen) atoms. The topological polar surface area (TPSA) is 148 Å². The molecule has 1 aromatic heterocycles. The van der Waals surface area contributed by atoms with Crippen molar-refractivity contribution in [1.29, 1.82) is 5.26 Å². The predicted molar refractivity (Wildman–Crippen MR) is 128 cm³/mol. The molecule has 11 heteroatoms. The molecule has 0 aliphatic heterocycles. The zero-order valence-electron chi connectivity index (χ0n) is 18.6. The van der Waals surface area contributed by atoms with Crippen LogP contribution in [0.4, 0.5) is 0 Å². The summed E-state index contributed by atoms with van der Waals surface area (Å²) in [5.74, 6) is -1.12. The van der Waals surface area contributed by atoms with Crippen molar-refractivity contribution in [2.75, 3.05) is 5.75 Å². The molecular formula is C23H23N5O4S2. The Bertz CT molecular complexity index is 1390. The van der Waals surface area contributed by atoms with Gasteiger partial charge in [-0.15, -0.1) is 10.2 Å². The third kappa shape index (κ3) is 5.09. The number of sulfonamides is 1. The van der Waals surface area contributed by atoms with Gasteiger partial charge in [0, 0.05) is 17.2 Å². The van der Waals surface area contributed by atoms with Gasteiger partial charge in [0.05, 0.1) is 11.7 Å². The summed E-state index contributed by atoms with van der Waals surface area (Å²) in [7, 11) is -3.82. The molecule has 1 aliphatic rings. The lowest BCUT2D eigenvalue weighted by molar-refractivity contribution is -0.115. The van der Waals surface area contributed by atoms with Crippen LogP contribution >= 0.6 is 11.3 Å². The first-order chi connectivity index (χ1) is 16.2. The highest BCUT2D eigenvalue weighted by Crippen LogP contribution is 2.40. The standard InChI is InChI=1S/C23H23N5O4S2/c1-13(2)32-20-9-6-14(10-15(20)11-24)22-26-27-23(33-22)18-5-3-4-17-16(18)7-8-19(17)28-34(30,31)12-21(25)29/h3-6,9-10,13,19,28H,7-8,12H2,1-2H3,(H2,25,29)/t19-/m0/s1. The molecule has 1 atom stereocenters. The van der Waals surface area contributed by atoms with E-state index in [-0.39, 0.29) is 6.10 Å². The van der Waals surface area contributed by atoms with Crippen molar-refractivity contribution in [3.8, 4) is 33.0 Å². The van der Waals surface area contributed by atoms with Crippen molar-refractivity contribution in [3.05, 3.63) is 53.1 Å². The first-order valence-corrected chi connectivity index (χ1v) is 13.1. The second kappa shape index (κ2) is 9.50. The van der Waals surface area contributed by atoms with Gasteiger partial charge in [0.1, 0.15) is 27.6 Å². The van der Waals surface area contributed by atoms with Gasteiger partial charge >= 0.3 is 0 Å². The number of rotatable bonds is 8. The predicted octanol–water partition coefficient (Wildman–Crippen LogP) is 2.92. The van der Waals surface area contributed by atoms with E-state index in [1.807, 2.05) is 38.1 Å². The number of nitrogens with one attached hydrogen (secondary N) is 1. The monoisotopic (exact) mass is 497 g/mol. The molecule has 1 heterocycles. The van der Waals surface area contributed by atoms with Crippen LogP contribution < -0.4 is 15.2 Å². The number of ether oxygens (including phenoxy) is 1. The molecule has 0 spiro atoms. The molecule has 9 nitrogen and oxygen atoms in total. The average molecular weight is 498 g/mol. The van der Waals surface area contributed by atoms with Crippen molar-refractivity contribution in [1.82, 2.24) is 14.9 Å². The summed E-state index contributed by atoms with van der Waals surface area (Å²) >= 11 is 1.39. The number of aromatic nitrogens is 2. The molecule has 176 valence electrons. The van der Waals surface area contributed by atoms with Gasteiger partial charge in [0.15, 0.2) is 0 Å². The number of nitrogens with two attached hydrogens (primary N) is 1. The smallest absolute Gasteiger partial charge is 0.234 e. The lowest BCUT2D eigenvalue weighted by Gasteiger charge is -2.14. The second-order valence-corrected chi connectivity index (χ2v) is 10.9. The van der Waals surface area contributed by atoms with Crippen LogP contribution in [0, 0.1) is 11.3 Å². The fraction of sp³-hybridized carbons (Fsp3) is 0.304. The molecule has 0 bridgehead atoms. The van der Waals surface area contributed by atoms with E-state index in [0.717, 1.165) is 22.3 Å². The fourth-order valence-electron chi connectivity index (χ4n) is 3.98. The van der Waals surface area contributed by atoms with Crippen molar-refractivity contribution in [2.24, 2.45) is 5.73 Å². The van der Waals surface area contributed by atoms with Gasteiger partial charge in [-0.25, -0.2) is 13.1 Å². The maximum atomic E-state index is 12.2. The summed E-state index contributed by atoms with van der Waals surface area (Å²) in [4.78, 5) is 11.1. The van der Waals surface area contributed by atoms with Crippen LogP contribution in [0.2, 0.25) is 0 Å². The zero-order valence-corrected chi connectivity index (χ0v) is 20.2. The minimum Gasteiger partial charge on any atom is -0.490 e. The number of nitriles is 1. The van der Waals surface area contributed by atoms with E-state index in [9.17, 15) is 18.5 Å². The van der Waals surface area contributed by atoms with E-state index < -0.39 is 27.7 Å². The Hall–Kier alpha value is -3.33. The average Bonchev–Trinajstić information content (AvgIpc) is 3.40. The molecule has 0 fully saturated rings. The largest absolute Gasteiger partial charge is 0.490 e. The van der Waals surface area contributed by atoms with Crippen LogP contribution in [0.5, 0.6) is 5.75 Å². The third-order valence-electron chi connectivity index (χ3n) is 5.29. The van der Waals surface area contributed by atoms with Crippen molar-refractivity contribution in [2.45, 2.75) is 38.8 Å². The van der Waals surface area contributed by atoms with E-state index in [4.69, 9.17) is 10.5 Å². The number of carbonyl (C=O) groups excluding carboxylic acids is 1. The van der Waals surface area contributed by atoms with E-state index in [0.29, 0.717) is 34.2 Å². The number of nitrogens with zero attached hydrogens (tertiary/aromatic N) is 3. The Labute approximate surface area is 201 Å². The van der Waals surface area contributed by atoms with Gasteiger partial charge < -0.3 is 10.5 Å². The molecule has 0 unspecified atom stereocenters. The number of hydrogen-bond donors (Lipinski definition) is 2. The van der Waals surface area contributed by atoms with Crippen LogP contribution in [0.3, 0.4) is 0 Å². The van der Waals surface area contributed by atoms with Gasteiger partial charge in [0.25, 0.3) is 0 Å². The molecule has 1 aliphatic carbocycles. The minimum absolute atomic E-state index is 0.0460. The second-order valence-electron chi connectivity index (χ2n) is 8.21. The highest BCUT2D eigenvalue weighted by atomic mass is 32.2. The van der Waals surface area contributed by atoms with Crippen LogP contribution in [0.1, 0.15) is 43.0 Å². The van der Waals surface area contributed by atoms with Gasteiger partial charge in [0.2, 0.25) is 15.9 Å². The van der Waals surface area contributed by atoms with Crippen LogP contribution in [0.15, 0.2) is 36.4 Å². The summed E-state index contributed by atoms with van der Waals surface area (Å²) in [6.07, 6.45) is 1.18. The van der Waals surface area contributed by atoms with Gasteiger partial charge in [-0.1, -0.05) is 29.5 Å². The number of fused-ring (bicyclic) bond motifs is 1. The SMILES string of the molecule is CC(C)Oc1ccc(-c2nnc(-c3cccc4c3CC[C@@H]4NS(=O)(=O)CC(N)=O)s2)cc1C#N. The molecule has 3 N–H and O–H groups in total. The third-order valence-corrected chi connectivity index (χ3v) is 7.60. The molecule has 4 rings (SSSR count). The molecule has 0 saturated heterocycles. The number of carbonyl (C=O) groups is 1. The van der Waals surface area contributed by atoms with E-state index in [2.05, 4.69) is 21.0 Å². The maximum absolute atomic E-state index is 12.2. The molecule has 2 aromatic carbocycles. The Kier molecular flexibility index (Phi) is 6.65. The minimum atomic E-state index is -3.82. The Morgan fingerprint density at radius 3 is 2.76 bits per heavy atom. The van der Waals surface area contributed by atoms with E-state index in [1.165, 1.54) is 11.3 Å². The maximum Gasteiger partial charge on any atom is 0.234 e. The lowest BCUT2D eigenvalue weighted by Crippen LogP contribution is -2.35. The van der Waals surface area contributed by atoms with Crippen molar-refractivity contribution in [3.63, 3.8) is 0 Å². The highest BCUT2D eigenvalue weighted by Gasteiger charge is 2.30. The van der Waals surface area contributed by atoms with Gasteiger partial charge in [-0.05, 0) is 56.0 Å². The Morgan fingerprint density at radius 2 is 2.06 bits per heavy atom. The zero-order chi connectivity index (χ0) is 24.5. The normalized spacial score (nSPS) is 15.2. The van der Waals surface area contributed by atoms with E-state index >= 15 is 0 Å². The summed E-state index contributed by atoms with van der Waals surface area (Å²) in [5.41, 5.74) is 8.97. The quantitative estimate of drug-likeness (QED) is 0.486. The number of benzene rings is 2. The highest BCUT2D eigenvalue weighted by molar-refractivity contribution is 7.90.